The van der Waals surface area contributed by atoms with Crippen LogP contribution in [0.3, 0.4) is 0 Å². The molecule has 0 fully saturated rings. The Morgan fingerprint density at radius 2 is 1.92 bits per heavy atom. The molecule has 24 heavy (non-hydrogen) atoms. The lowest BCUT2D eigenvalue weighted by molar-refractivity contribution is 0.0507. The third-order valence-electron chi connectivity index (χ3n) is 2.81. The largest absolute Gasteiger partial charge is 0.461 e. The highest BCUT2D eigenvalue weighted by atomic mass is 79.9. The number of aromatic nitrogens is 2. The summed E-state index contributed by atoms with van der Waals surface area (Å²) in [5, 5.41) is 2.67. The summed E-state index contributed by atoms with van der Waals surface area (Å²) in [7, 11) is 0. The summed E-state index contributed by atoms with van der Waals surface area (Å²) in [6.07, 6.45) is 0.623. The molecule has 0 spiro atoms. The zero-order valence-electron chi connectivity index (χ0n) is 14.7. The van der Waals surface area contributed by atoms with Crippen LogP contribution in [0.25, 0.3) is 0 Å². The molecular weight excluding hydrogens is 378 g/mol. The van der Waals surface area contributed by atoms with Gasteiger partial charge in [-0.2, -0.15) is 0 Å². The molecule has 0 atom stereocenters. The highest BCUT2D eigenvalue weighted by Gasteiger charge is 2.19. The molecule has 0 aromatic carbocycles. The van der Waals surface area contributed by atoms with E-state index in [1.807, 2.05) is 0 Å². The molecule has 0 aliphatic rings. The van der Waals surface area contributed by atoms with Crippen molar-refractivity contribution in [3.63, 3.8) is 0 Å². The van der Waals surface area contributed by atoms with Crippen molar-refractivity contribution in [3.05, 3.63) is 21.7 Å². The van der Waals surface area contributed by atoms with Gasteiger partial charge in [-0.1, -0.05) is 0 Å². The maximum atomic E-state index is 12.0. The molecule has 1 aromatic rings. The Bertz CT molecular complexity index is 600. The Hall–Kier alpha value is -1.70. The molecule has 0 bridgehead atoms. The van der Waals surface area contributed by atoms with Gasteiger partial charge in [-0.3, -0.25) is 4.98 Å². The number of halogens is 1. The number of nitrogens with one attached hydrogen (secondary N) is 1. The third kappa shape index (κ3) is 6.82. The molecule has 134 valence electrons. The van der Waals surface area contributed by atoms with E-state index in [-0.39, 0.29) is 12.3 Å². The van der Waals surface area contributed by atoms with Crippen LogP contribution in [-0.2, 0) is 15.9 Å². The van der Waals surface area contributed by atoms with Gasteiger partial charge in [0.25, 0.3) is 0 Å². The summed E-state index contributed by atoms with van der Waals surface area (Å²) in [5.41, 5.74) is 0.917. The van der Waals surface area contributed by atoms with Crippen molar-refractivity contribution >= 4 is 28.0 Å². The molecule has 0 unspecified atom stereocenters. The maximum Gasteiger partial charge on any atom is 0.407 e. The minimum Gasteiger partial charge on any atom is -0.461 e. The predicted molar refractivity (Wildman–Crippen MR) is 93.0 cm³/mol. The van der Waals surface area contributed by atoms with Gasteiger partial charge in [0.15, 0.2) is 5.69 Å². The number of hydrogen-bond donors (Lipinski definition) is 1. The molecule has 0 saturated carbocycles. The van der Waals surface area contributed by atoms with E-state index in [4.69, 9.17) is 9.47 Å². The first-order chi connectivity index (χ1) is 11.1. The number of carbonyl (C=O) groups excluding carboxylic acids is 2. The van der Waals surface area contributed by atoms with Gasteiger partial charge < -0.3 is 14.8 Å². The first kappa shape index (κ1) is 20.3. The molecule has 1 N–H and O–H groups in total. The summed E-state index contributed by atoms with van der Waals surface area (Å²) in [6, 6.07) is 0. The van der Waals surface area contributed by atoms with Crippen molar-refractivity contribution in [1.29, 1.82) is 0 Å². The third-order valence-corrected chi connectivity index (χ3v) is 3.56. The minimum atomic E-state index is -0.532. The number of carbonyl (C=O) groups is 2. The summed E-state index contributed by atoms with van der Waals surface area (Å²) in [6.45, 7) is 9.63. The van der Waals surface area contributed by atoms with E-state index in [2.05, 4.69) is 31.2 Å². The first-order valence-corrected chi connectivity index (χ1v) is 8.60. The second kappa shape index (κ2) is 8.96. The van der Waals surface area contributed by atoms with Crippen LogP contribution in [0.2, 0.25) is 0 Å². The number of amides is 1. The molecule has 8 heteroatoms. The molecule has 0 saturated heterocycles. The van der Waals surface area contributed by atoms with E-state index in [1.165, 1.54) is 0 Å². The Balaban J connectivity index is 2.65. The molecular formula is C16H24BrN3O4. The first-order valence-electron chi connectivity index (χ1n) is 7.81. The number of hydrogen-bond acceptors (Lipinski definition) is 6. The van der Waals surface area contributed by atoms with Crippen LogP contribution in [0.5, 0.6) is 0 Å². The predicted octanol–water partition coefficient (Wildman–Crippen LogP) is 3.18. The van der Waals surface area contributed by atoms with Crippen LogP contribution in [0, 0.1) is 6.92 Å². The van der Waals surface area contributed by atoms with Gasteiger partial charge in [-0.15, -0.1) is 0 Å². The van der Waals surface area contributed by atoms with Gasteiger partial charge >= 0.3 is 12.1 Å². The summed E-state index contributed by atoms with van der Waals surface area (Å²) in [5.74, 6) is -0.499. The Morgan fingerprint density at radius 1 is 1.25 bits per heavy atom. The highest BCUT2D eigenvalue weighted by molar-refractivity contribution is 9.10. The maximum absolute atomic E-state index is 12.0. The highest BCUT2D eigenvalue weighted by Crippen LogP contribution is 2.16. The standard InChI is InChI=1S/C16H24BrN3O4/c1-6-23-14(21)12-11(19-10(2)13(17)20-12)8-7-9-18-15(22)24-16(3,4)5/h6-9H2,1-5H3,(H,18,22). The normalized spacial score (nSPS) is 11.1. The van der Waals surface area contributed by atoms with E-state index >= 15 is 0 Å². The Kier molecular flexibility index (Phi) is 7.59. The van der Waals surface area contributed by atoms with E-state index in [9.17, 15) is 9.59 Å². The van der Waals surface area contributed by atoms with Crippen LogP contribution in [0.15, 0.2) is 4.60 Å². The van der Waals surface area contributed by atoms with E-state index < -0.39 is 17.7 Å². The quantitative estimate of drug-likeness (QED) is 0.581. The Morgan fingerprint density at radius 3 is 2.50 bits per heavy atom. The fourth-order valence-electron chi connectivity index (χ4n) is 1.84. The van der Waals surface area contributed by atoms with Crippen molar-refractivity contribution in [2.75, 3.05) is 13.2 Å². The molecule has 1 aromatic heterocycles. The fraction of sp³-hybridized carbons (Fsp3) is 0.625. The summed E-state index contributed by atoms with van der Waals surface area (Å²) in [4.78, 5) is 32.2. The summed E-state index contributed by atoms with van der Waals surface area (Å²) >= 11 is 3.27. The van der Waals surface area contributed by atoms with E-state index in [1.54, 1.807) is 34.6 Å². The van der Waals surface area contributed by atoms with Crippen molar-refractivity contribution in [3.8, 4) is 0 Å². The number of alkyl carbamates (subject to hydrolysis) is 1. The van der Waals surface area contributed by atoms with Gasteiger partial charge in [-0.25, -0.2) is 14.6 Å². The van der Waals surface area contributed by atoms with Gasteiger partial charge in [0, 0.05) is 6.54 Å². The molecule has 0 radical (unpaired) electrons. The number of rotatable bonds is 6. The second-order valence-electron chi connectivity index (χ2n) is 6.15. The second-order valence-corrected chi connectivity index (χ2v) is 6.90. The van der Waals surface area contributed by atoms with Crippen molar-refractivity contribution in [1.82, 2.24) is 15.3 Å². The van der Waals surface area contributed by atoms with Crippen LogP contribution >= 0.6 is 15.9 Å². The van der Waals surface area contributed by atoms with Gasteiger partial charge in [-0.05, 0) is 63.4 Å². The van der Waals surface area contributed by atoms with Gasteiger partial charge in [0.2, 0.25) is 0 Å². The van der Waals surface area contributed by atoms with Crippen LogP contribution in [0.4, 0.5) is 4.79 Å². The molecule has 0 aliphatic heterocycles. The number of ether oxygens (including phenoxy) is 2. The van der Waals surface area contributed by atoms with Crippen LogP contribution in [0.1, 0.15) is 56.0 Å². The number of aryl methyl sites for hydroxylation is 2. The van der Waals surface area contributed by atoms with E-state index in [0.29, 0.717) is 35.4 Å². The molecule has 1 amide bonds. The van der Waals surface area contributed by atoms with Crippen LogP contribution < -0.4 is 5.32 Å². The molecule has 0 aliphatic carbocycles. The van der Waals surface area contributed by atoms with Crippen LogP contribution in [-0.4, -0.2) is 40.8 Å². The molecule has 1 heterocycles. The average molecular weight is 402 g/mol. The fourth-order valence-corrected chi connectivity index (χ4v) is 2.11. The zero-order chi connectivity index (χ0) is 18.3. The molecule has 1 rings (SSSR count). The van der Waals surface area contributed by atoms with Crippen molar-refractivity contribution in [2.24, 2.45) is 0 Å². The molecule has 7 nitrogen and oxygen atoms in total. The SMILES string of the molecule is CCOC(=O)c1nc(Br)c(C)nc1CCCNC(=O)OC(C)(C)C. The topological polar surface area (TPSA) is 90.4 Å². The summed E-state index contributed by atoms with van der Waals surface area (Å²) < 4.78 is 10.7. The lowest BCUT2D eigenvalue weighted by Crippen LogP contribution is -2.33. The monoisotopic (exact) mass is 401 g/mol. The lowest BCUT2D eigenvalue weighted by atomic mass is 10.2. The smallest absolute Gasteiger partial charge is 0.407 e. The Labute approximate surface area is 150 Å². The lowest BCUT2D eigenvalue weighted by Gasteiger charge is -2.19. The zero-order valence-corrected chi connectivity index (χ0v) is 16.3. The number of nitrogens with zero attached hydrogens (tertiary/aromatic N) is 2. The van der Waals surface area contributed by atoms with Crippen molar-refractivity contribution < 1.29 is 19.1 Å². The number of esters is 1. The van der Waals surface area contributed by atoms with Gasteiger partial charge in [0.1, 0.15) is 10.2 Å². The average Bonchev–Trinajstić information content (AvgIpc) is 2.45. The van der Waals surface area contributed by atoms with Crippen molar-refractivity contribution in [2.45, 2.75) is 53.1 Å². The van der Waals surface area contributed by atoms with E-state index in [0.717, 1.165) is 0 Å². The van der Waals surface area contributed by atoms with Gasteiger partial charge in [0.05, 0.1) is 18.0 Å². The minimum absolute atomic E-state index is 0.201.